The van der Waals surface area contributed by atoms with Gasteiger partial charge >= 0.3 is 0 Å². The smallest absolute Gasteiger partial charge is 0.248 e. The van der Waals surface area contributed by atoms with Crippen LogP contribution in [0.15, 0.2) is 36.4 Å². The van der Waals surface area contributed by atoms with Crippen LogP contribution in [0.2, 0.25) is 0 Å². The van der Waals surface area contributed by atoms with Gasteiger partial charge in [0.2, 0.25) is 11.8 Å². The van der Waals surface area contributed by atoms with E-state index in [1.807, 2.05) is 70.2 Å². The van der Waals surface area contributed by atoms with Crippen molar-refractivity contribution < 1.29 is 24.0 Å². The van der Waals surface area contributed by atoms with Crippen LogP contribution in [-0.2, 0) is 24.0 Å². The monoisotopic (exact) mass is 543 g/mol. The second kappa shape index (κ2) is 15.9. The fourth-order valence-corrected chi connectivity index (χ4v) is 5.51. The molecule has 1 aromatic rings. The standard InChI is InChI=1S/C31H49N3O5/c1-21(2)19-25(23(5)6)28(35)31(20-22(3)4,30(37)33-32)26(16-12-15-24-13-8-7-9-14-24)29(36)34-39-27-17-10-11-18-38-27/h7-9,12-15,21-23,25-27H,10-11,16-20,32H2,1-6H3,(H,33,37)(H,34,36)/b15-12+/t25?,26-,27?,31-/m1/s1. The van der Waals surface area contributed by atoms with Crippen molar-refractivity contribution in [3.05, 3.63) is 42.0 Å². The molecule has 39 heavy (non-hydrogen) atoms. The summed E-state index contributed by atoms with van der Waals surface area (Å²) in [5, 5.41) is 0. The molecule has 2 unspecified atom stereocenters. The van der Waals surface area contributed by atoms with E-state index in [0.29, 0.717) is 19.4 Å². The molecule has 8 heteroatoms. The van der Waals surface area contributed by atoms with E-state index in [-0.39, 0.29) is 36.4 Å². The van der Waals surface area contributed by atoms with Crippen molar-refractivity contribution in [2.45, 2.75) is 86.4 Å². The molecule has 0 spiro atoms. The normalized spacial score (nSPS) is 19.2. The molecule has 1 aliphatic heterocycles. The first kappa shape index (κ1) is 32.7. The summed E-state index contributed by atoms with van der Waals surface area (Å²) < 4.78 is 5.61. The number of ketones is 1. The van der Waals surface area contributed by atoms with Crippen molar-refractivity contribution in [1.29, 1.82) is 0 Å². The zero-order valence-corrected chi connectivity index (χ0v) is 24.6. The van der Waals surface area contributed by atoms with E-state index < -0.39 is 35.4 Å². The number of amides is 2. The highest BCUT2D eigenvalue weighted by molar-refractivity contribution is 6.10. The SMILES string of the molecule is CC(C)CC(C(=O)[C@](CC(C)C)(C(=O)NN)[C@H](C/C=C/c1ccccc1)C(=O)NOC1CCCCO1)C(C)C. The third kappa shape index (κ3) is 9.26. The fourth-order valence-electron chi connectivity index (χ4n) is 5.51. The first-order chi connectivity index (χ1) is 18.5. The number of Topliss-reactive ketones (excluding diaryl/α,β-unsaturated/α-hetero) is 1. The number of nitrogens with two attached hydrogens (primary N) is 1. The maximum Gasteiger partial charge on any atom is 0.248 e. The maximum absolute atomic E-state index is 14.6. The third-order valence-electron chi connectivity index (χ3n) is 7.39. The number of benzene rings is 1. The van der Waals surface area contributed by atoms with E-state index in [9.17, 15) is 14.4 Å². The maximum atomic E-state index is 14.6. The molecule has 218 valence electrons. The van der Waals surface area contributed by atoms with Crippen molar-refractivity contribution in [3.8, 4) is 0 Å². The molecule has 1 aromatic carbocycles. The highest BCUT2D eigenvalue weighted by Crippen LogP contribution is 2.43. The summed E-state index contributed by atoms with van der Waals surface area (Å²) in [4.78, 5) is 47.9. The van der Waals surface area contributed by atoms with Crippen LogP contribution in [0.5, 0.6) is 0 Å². The Morgan fingerprint density at radius 3 is 2.31 bits per heavy atom. The summed E-state index contributed by atoms with van der Waals surface area (Å²) >= 11 is 0. The van der Waals surface area contributed by atoms with Gasteiger partial charge in [0.05, 0.1) is 5.92 Å². The average Bonchev–Trinajstić information content (AvgIpc) is 2.91. The Hall–Kier alpha value is -2.55. The van der Waals surface area contributed by atoms with E-state index in [1.54, 1.807) is 0 Å². The summed E-state index contributed by atoms with van der Waals surface area (Å²) in [6.07, 6.45) is 6.63. The molecule has 2 rings (SSSR count). The fraction of sp³-hybridized carbons (Fsp3) is 0.645. The molecule has 0 radical (unpaired) electrons. The number of carbonyl (C=O) groups is 3. The Labute approximate surface area is 234 Å². The van der Waals surface area contributed by atoms with E-state index in [2.05, 4.69) is 24.8 Å². The summed E-state index contributed by atoms with van der Waals surface area (Å²) in [5.41, 5.74) is 4.08. The number of carbonyl (C=O) groups excluding carboxylic acids is 3. The largest absolute Gasteiger partial charge is 0.350 e. The van der Waals surface area contributed by atoms with Crippen molar-refractivity contribution >= 4 is 23.7 Å². The Bertz CT molecular complexity index is 941. The molecular formula is C31H49N3O5. The topological polar surface area (TPSA) is 120 Å². The first-order valence-electron chi connectivity index (χ1n) is 14.4. The average molecular weight is 544 g/mol. The summed E-state index contributed by atoms with van der Waals surface area (Å²) in [6, 6.07) is 9.68. The van der Waals surface area contributed by atoms with Crippen molar-refractivity contribution in [2.75, 3.05) is 6.61 Å². The van der Waals surface area contributed by atoms with Gasteiger partial charge in [-0.1, -0.05) is 84.0 Å². The number of hydrazine groups is 1. The molecule has 1 heterocycles. The molecule has 8 nitrogen and oxygen atoms in total. The molecule has 2 amide bonds. The van der Waals surface area contributed by atoms with Gasteiger partial charge in [0.15, 0.2) is 12.1 Å². The van der Waals surface area contributed by atoms with Crippen molar-refractivity contribution in [3.63, 3.8) is 0 Å². The van der Waals surface area contributed by atoms with Gasteiger partial charge in [0, 0.05) is 18.9 Å². The molecular weight excluding hydrogens is 494 g/mol. The van der Waals surface area contributed by atoms with Gasteiger partial charge in [0.25, 0.3) is 0 Å². The van der Waals surface area contributed by atoms with Crippen LogP contribution in [0.4, 0.5) is 0 Å². The molecule has 4 N–H and O–H groups in total. The number of hydrogen-bond donors (Lipinski definition) is 3. The minimum absolute atomic E-state index is 0.0209. The Morgan fingerprint density at radius 2 is 1.77 bits per heavy atom. The van der Waals surface area contributed by atoms with Gasteiger partial charge in [-0.3, -0.25) is 19.8 Å². The molecule has 0 bridgehead atoms. The summed E-state index contributed by atoms with van der Waals surface area (Å²) in [5.74, 6) is 3.01. The molecule has 4 atom stereocenters. The Kier molecular flexibility index (Phi) is 13.3. The predicted octanol–water partition coefficient (Wildman–Crippen LogP) is 5.19. The van der Waals surface area contributed by atoms with Crippen molar-refractivity contribution in [2.24, 2.45) is 40.8 Å². The van der Waals surface area contributed by atoms with Crippen LogP contribution in [0.3, 0.4) is 0 Å². The van der Waals surface area contributed by atoms with Crippen LogP contribution in [0.1, 0.15) is 85.6 Å². The van der Waals surface area contributed by atoms with Gasteiger partial charge in [-0.05, 0) is 55.4 Å². The summed E-state index contributed by atoms with van der Waals surface area (Å²) in [7, 11) is 0. The van der Waals surface area contributed by atoms with E-state index in [1.165, 1.54) is 0 Å². The molecule has 1 aliphatic rings. The lowest BCUT2D eigenvalue weighted by molar-refractivity contribution is -0.204. The quantitative estimate of drug-likeness (QED) is 0.121. The van der Waals surface area contributed by atoms with Crippen LogP contribution in [0.25, 0.3) is 6.08 Å². The van der Waals surface area contributed by atoms with Crippen LogP contribution < -0.4 is 16.7 Å². The number of rotatable bonds is 15. The lowest BCUT2D eigenvalue weighted by Gasteiger charge is -2.41. The number of allylic oxidation sites excluding steroid dienone is 1. The zero-order chi connectivity index (χ0) is 29.0. The number of hydroxylamine groups is 1. The van der Waals surface area contributed by atoms with Gasteiger partial charge in [-0.25, -0.2) is 16.2 Å². The van der Waals surface area contributed by atoms with Gasteiger partial charge in [-0.2, -0.15) is 0 Å². The molecule has 0 saturated carbocycles. The lowest BCUT2D eigenvalue weighted by atomic mass is 9.60. The highest BCUT2D eigenvalue weighted by atomic mass is 16.8. The molecule has 0 aliphatic carbocycles. The van der Waals surface area contributed by atoms with Crippen LogP contribution in [0, 0.1) is 35.0 Å². The highest BCUT2D eigenvalue weighted by Gasteiger charge is 2.56. The third-order valence-corrected chi connectivity index (χ3v) is 7.39. The molecule has 1 fully saturated rings. The van der Waals surface area contributed by atoms with E-state index >= 15 is 0 Å². The molecule has 1 saturated heterocycles. The van der Waals surface area contributed by atoms with E-state index in [0.717, 1.165) is 18.4 Å². The predicted molar refractivity (Wildman–Crippen MR) is 153 cm³/mol. The number of hydrogen-bond acceptors (Lipinski definition) is 6. The van der Waals surface area contributed by atoms with Gasteiger partial charge in [0.1, 0.15) is 5.41 Å². The Morgan fingerprint density at radius 1 is 1.08 bits per heavy atom. The minimum atomic E-state index is -1.69. The first-order valence-corrected chi connectivity index (χ1v) is 14.4. The van der Waals surface area contributed by atoms with Gasteiger partial charge in [-0.15, -0.1) is 0 Å². The number of nitrogens with one attached hydrogen (secondary N) is 2. The molecule has 0 aromatic heterocycles. The van der Waals surface area contributed by atoms with Gasteiger partial charge < -0.3 is 4.74 Å². The van der Waals surface area contributed by atoms with Crippen molar-refractivity contribution in [1.82, 2.24) is 10.9 Å². The van der Waals surface area contributed by atoms with Crippen LogP contribution in [-0.4, -0.2) is 30.5 Å². The van der Waals surface area contributed by atoms with Crippen LogP contribution >= 0.6 is 0 Å². The zero-order valence-electron chi connectivity index (χ0n) is 24.6. The minimum Gasteiger partial charge on any atom is -0.350 e. The Balaban J connectivity index is 2.58. The second-order valence-corrected chi connectivity index (χ2v) is 11.9. The lowest BCUT2D eigenvalue weighted by Crippen LogP contribution is -2.59. The second-order valence-electron chi connectivity index (χ2n) is 11.9. The van der Waals surface area contributed by atoms with E-state index in [4.69, 9.17) is 15.4 Å². The summed E-state index contributed by atoms with van der Waals surface area (Å²) in [6.45, 7) is 12.5. The number of ether oxygens (including phenoxy) is 1.